The summed E-state index contributed by atoms with van der Waals surface area (Å²) in [6.07, 6.45) is 4.07. The van der Waals surface area contributed by atoms with Crippen LogP contribution >= 0.6 is 0 Å². The molecule has 0 aromatic carbocycles. The molecule has 0 radical (unpaired) electrons. The summed E-state index contributed by atoms with van der Waals surface area (Å²) in [7, 11) is 0. The Bertz CT molecular complexity index is 280. The van der Waals surface area contributed by atoms with Gasteiger partial charge in [-0.25, -0.2) is 9.07 Å². The third-order valence-electron chi connectivity index (χ3n) is 2.66. The maximum absolute atomic E-state index is 12.2. The maximum atomic E-state index is 12.2. The molecular formula is C9H15FN4. The molecule has 0 amide bonds. The molecule has 1 aromatic rings. The standard InChI is InChI=1S/C9H15FN4/c10-3-5-14-9(7-12-13-14)8-2-1-4-11-6-8/h7-8,11H,1-6H2. The van der Waals surface area contributed by atoms with Crippen LogP contribution < -0.4 is 5.32 Å². The zero-order valence-electron chi connectivity index (χ0n) is 8.12. The Morgan fingerprint density at radius 1 is 1.64 bits per heavy atom. The fraction of sp³-hybridized carbons (Fsp3) is 0.778. The summed E-state index contributed by atoms with van der Waals surface area (Å²) in [6.45, 7) is 1.99. The predicted octanol–water partition coefficient (Wildman–Crippen LogP) is 0.715. The molecule has 2 rings (SSSR count). The fourth-order valence-electron chi connectivity index (χ4n) is 1.94. The monoisotopic (exact) mass is 198 g/mol. The van der Waals surface area contributed by atoms with Gasteiger partial charge in [-0.2, -0.15) is 0 Å². The van der Waals surface area contributed by atoms with Crippen LogP contribution in [0, 0.1) is 0 Å². The van der Waals surface area contributed by atoms with Gasteiger partial charge in [-0.3, -0.25) is 0 Å². The molecule has 1 saturated heterocycles. The van der Waals surface area contributed by atoms with E-state index in [0.29, 0.717) is 12.5 Å². The summed E-state index contributed by atoms with van der Waals surface area (Å²) >= 11 is 0. The minimum atomic E-state index is -0.378. The largest absolute Gasteiger partial charge is 0.316 e. The number of alkyl halides is 1. The molecule has 1 N–H and O–H groups in total. The highest BCUT2D eigenvalue weighted by molar-refractivity contribution is 5.05. The van der Waals surface area contributed by atoms with E-state index in [0.717, 1.165) is 25.2 Å². The quantitative estimate of drug-likeness (QED) is 0.778. The van der Waals surface area contributed by atoms with Crippen LogP contribution in [0.4, 0.5) is 4.39 Å². The zero-order chi connectivity index (χ0) is 9.80. The van der Waals surface area contributed by atoms with Crippen molar-refractivity contribution in [3.8, 4) is 0 Å². The smallest absolute Gasteiger partial charge is 0.109 e. The number of aromatic nitrogens is 3. The van der Waals surface area contributed by atoms with Crippen molar-refractivity contribution < 1.29 is 4.39 Å². The Labute approximate surface area is 82.5 Å². The van der Waals surface area contributed by atoms with Gasteiger partial charge in [0.1, 0.15) is 6.67 Å². The molecule has 14 heavy (non-hydrogen) atoms. The number of piperidine rings is 1. The molecule has 1 aromatic heterocycles. The second-order valence-electron chi connectivity index (χ2n) is 3.61. The summed E-state index contributed by atoms with van der Waals surface area (Å²) in [5.74, 6) is 0.449. The van der Waals surface area contributed by atoms with Crippen molar-refractivity contribution in [2.24, 2.45) is 0 Å². The Balaban J connectivity index is 2.09. The van der Waals surface area contributed by atoms with Gasteiger partial charge in [0.2, 0.25) is 0 Å². The van der Waals surface area contributed by atoms with Crippen molar-refractivity contribution in [2.75, 3.05) is 19.8 Å². The van der Waals surface area contributed by atoms with Crippen molar-refractivity contribution in [1.82, 2.24) is 20.3 Å². The van der Waals surface area contributed by atoms with Gasteiger partial charge < -0.3 is 5.32 Å². The molecule has 0 bridgehead atoms. The van der Waals surface area contributed by atoms with Crippen LogP contribution in [0.25, 0.3) is 0 Å². The minimum absolute atomic E-state index is 0.325. The van der Waals surface area contributed by atoms with Crippen molar-refractivity contribution in [1.29, 1.82) is 0 Å². The highest BCUT2D eigenvalue weighted by Crippen LogP contribution is 2.21. The van der Waals surface area contributed by atoms with Crippen LogP contribution in [-0.2, 0) is 6.54 Å². The first-order valence-corrected chi connectivity index (χ1v) is 5.07. The number of halogens is 1. The number of hydrogen-bond donors (Lipinski definition) is 1. The van der Waals surface area contributed by atoms with E-state index in [1.807, 2.05) is 0 Å². The number of hydrogen-bond acceptors (Lipinski definition) is 3. The molecule has 1 aliphatic heterocycles. The number of rotatable bonds is 3. The second kappa shape index (κ2) is 4.50. The Morgan fingerprint density at radius 2 is 2.57 bits per heavy atom. The number of aryl methyl sites for hydroxylation is 1. The van der Waals surface area contributed by atoms with Crippen molar-refractivity contribution in [2.45, 2.75) is 25.3 Å². The molecule has 0 saturated carbocycles. The first kappa shape index (κ1) is 9.58. The van der Waals surface area contributed by atoms with Gasteiger partial charge in [-0.05, 0) is 19.4 Å². The summed E-state index contributed by atoms with van der Waals surface area (Å²) in [5, 5.41) is 11.0. The summed E-state index contributed by atoms with van der Waals surface area (Å²) in [4.78, 5) is 0. The number of nitrogens with one attached hydrogen (secondary N) is 1. The van der Waals surface area contributed by atoms with Crippen LogP contribution in [0.1, 0.15) is 24.5 Å². The predicted molar refractivity (Wildman–Crippen MR) is 50.8 cm³/mol. The molecule has 1 aliphatic rings. The second-order valence-corrected chi connectivity index (χ2v) is 3.61. The van der Waals surface area contributed by atoms with E-state index in [1.165, 1.54) is 6.42 Å². The lowest BCUT2D eigenvalue weighted by molar-refractivity contribution is 0.389. The van der Waals surface area contributed by atoms with Crippen LogP contribution in [0.3, 0.4) is 0 Å². The van der Waals surface area contributed by atoms with Gasteiger partial charge in [0.25, 0.3) is 0 Å². The van der Waals surface area contributed by atoms with Gasteiger partial charge >= 0.3 is 0 Å². The van der Waals surface area contributed by atoms with Crippen LogP contribution in [0.15, 0.2) is 6.20 Å². The topological polar surface area (TPSA) is 42.7 Å². The van der Waals surface area contributed by atoms with E-state index in [4.69, 9.17) is 0 Å². The molecule has 1 atom stereocenters. The molecule has 1 fully saturated rings. The van der Waals surface area contributed by atoms with Gasteiger partial charge in [-0.1, -0.05) is 5.21 Å². The molecular weight excluding hydrogens is 183 g/mol. The number of nitrogens with zero attached hydrogens (tertiary/aromatic N) is 3. The van der Waals surface area contributed by atoms with E-state index in [-0.39, 0.29) is 6.67 Å². The first-order valence-electron chi connectivity index (χ1n) is 5.07. The van der Waals surface area contributed by atoms with Crippen LogP contribution in [0.2, 0.25) is 0 Å². The van der Waals surface area contributed by atoms with Crippen molar-refractivity contribution >= 4 is 0 Å². The Kier molecular flexibility index (Phi) is 3.08. The van der Waals surface area contributed by atoms with E-state index in [2.05, 4.69) is 15.6 Å². The third kappa shape index (κ3) is 1.92. The van der Waals surface area contributed by atoms with Crippen LogP contribution in [-0.4, -0.2) is 34.8 Å². The van der Waals surface area contributed by atoms with Crippen molar-refractivity contribution in [3.63, 3.8) is 0 Å². The van der Waals surface area contributed by atoms with E-state index >= 15 is 0 Å². The molecule has 5 heteroatoms. The van der Waals surface area contributed by atoms with E-state index in [1.54, 1.807) is 10.9 Å². The average molecular weight is 198 g/mol. The van der Waals surface area contributed by atoms with E-state index < -0.39 is 0 Å². The van der Waals surface area contributed by atoms with Crippen LogP contribution in [0.5, 0.6) is 0 Å². The molecule has 1 unspecified atom stereocenters. The zero-order valence-corrected chi connectivity index (χ0v) is 8.12. The lowest BCUT2D eigenvalue weighted by Crippen LogP contribution is -2.29. The molecule has 4 nitrogen and oxygen atoms in total. The SMILES string of the molecule is FCCn1nncc1C1CCCNC1. The summed E-state index contributed by atoms with van der Waals surface area (Å²) in [5.41, 5.74) is 1.06. The molecule has 0 aliphatic carbocycles. The van der Waals surface area contributed by atoms with E-state index in [9.17, 15) is 4.39 Å². The summed E-state index contributed by atoms with van der Waals surface area (Å²) in [6, 6.07) is 0. The Morgan fingerprint density at radius 3 is 3.29 bits per heavy atom. The maximum Gasteiger partial charge on any atom is 0.109 e. The van der Waals surface area contributed by atoms with Gasteiger partial charge in [0, 0.05) is 12.5 Å². The lowest BCUT2D eigenvalue weighted by Gasteiger charge is -2.22. The molecule has 2 heterocycles. The third-order valence-corrected chi connectivity index (χ3v) is 2.66. The minimum Gasteiger partial charge on any atom is -0.316 e. The normalized spacial score (nSPS) is 22.5. The van der Waals surface area contributed by atoms with Gasteiger partial charge in [-0.15, -0.1) is 5.10 Å². The fourth-order valence-corrected chi connectivity index (χ4v) is 1.94. The molecule has 0 spiro atoms. The van der Waals surface area contributed by atoms with Gasteiger partial charge in [0.05, 0.1) is 18.4 Å². The average Bonchev–Trinajstić information content (AvgIpc) is 2.68. The highest BCUT2D eigenvalue weighted by atomic mass is 19.1. The van der Waals surface area contributed by atoms with Crippen molar-refractivity contribution in [3.05, 3.63) is 11.9 Å². The lowest BCUT2D eigenvalue weighted by atomic mass is 9.96. The summed E-state index contributed by atoms with van der Waals surface area (Å²) < 4.78 is 13.9. The first-order chi connectivity index (χ1) is 6.92. The molecule has 78 valence electrons. The Hall–Kier alpha value is -0.970. The van der Waals surface area contributed by atoms with Gasteiger partial charge in [0.15, 0.2) is 0 Å². The highest BCUT2D eigenvalue weighted by Gasteiger charge is 2.19.